The minimum Gasteiger partial charge on any atom is -0.381 e. The van der Waals surface area contributed by atoms with E-state index in [1.807, 2.05) is 0 Å². The molecule has 19 heavy (non-hydrogen) atoms. The highest BCUT2D eigenvalue weighted by Gasteiger charge is 2.45. The van der Waals surface area contributed by atoms with Crippen molar-refractivity contribution in [2.45, 2.75) is 46.0 Å². The zero-order valence-corrected chi connectivity index (χ0v) is 12.0. The Morgan fingerprint density at radius 2 is 2.05 bits per heavy atom. The van der Waals surface area contributed by atoms with Gasteiger partial charge in [0.15, 0.2) is 0 Å². The van der Waals surface area contributed by atoms with Crippen LogP contribution < -0.4 is 5.32 Å². The monoisotopic (exact) mass is 264 g/mol. The van der Waals surface area contributed by atoms with E-state index in [4.69, 9.17) is 10.00 Å². The van der Waals surface area contributed by atoms with Crippen molar-refractivity contribution in [3.05, 3.63) is 0 Å². The molecule has 1 amide bonds. The summed E-state index contributed by atoms with van der Waals surface area (Å²) in [5.41, 5.74) is -0.661. The van der Waals surface area contributed by atoms with E-state index >= 15 is 0 Å². The van der Waals surface area contributed by atoms with Crippen LogP contribution in [0.5, 0.6) is 0 Å². The van der Waals surface area contributed by atoms with Gasteiger partial charge in [-0.15, -0.1) is 0 Å². The molecule has 0 aromatic rings. The Hall–Kier alpha value is -1.08. The Kier molecular flexibility index (Phi) is 4.15. The molecular weight excluding hydrogens is 240 g/mol. The molecule has 1 saturated heterocycles. The van der Waals surface area contributed by atoms with Gasteiger partial charge in [0.05, 0.1) is 6.07 Å². The second-order valence-corrected chi connectivity index (χ2v) is 6.61. The second-order valence-electron chi connectivity index (χ2n) is 6.61. The van der Waals surface area contributed by atoms with E-state index in [2.05, 4.69) is 25.2 Å². The number of ether oxygens (including phenoxy) is 1. The standard InChI is InChI=1S/C15H24N2O2/c1-14(2,12-4-8-19-9-5-12)11-17-13(18)15(10-16)6-3-7-15/h12H,3-9,11H2,1-2H3,(H,17,18). The first-order chi connectivity index (χ1) is 9.00. The van der Waals surface area contributed by atoms with Crippen LogP contribution in [-0.4, -0.2) is 25.7 Å². The van der Waals surface area contributed by atoms with Crippen molar-refractivity contribution in [2.75, 3.05) is 19.8 Å². The van der Waals surface area contributed by atoms with Gasteiger partial charge in [0.25, 0.3) is 0 Å². The van der Waals surface area contributed by atoms with E-state index in [1.54, 1.807) is 0 Å². The molecule has 1 aliphatic heterocycles. The molecule has 0 spiro atoms. The first kappa shape index (κ1) is 14.3. The molecule has 4 nitrogen and oxygen atoms in total. The highest BCUT2D eigenvalue weighted by atomic mass is 16.5. The zero-order chi connectivity index (χ0) is 13.9. The first-order valence-corrected chi connectivity index (χ1v) is 7.27. The van der Waals surface area contributed by atoms with E-state index < -0.39 is 5.41 Å². The van der Waals surface area contributed by atoms with Gasteiger partial charge in [0.1, 0.15) is 5.41 Å². The topological polar surface area (TPSA) is 62.1 Å². The van der Waals surface area contributed by atoms with Crippen molar-refractivity contribution in [1.29, 1.82) is 5.26 Å². The number of nitrogens with one attached hydrogen (secondary N) is 1. The first-order valence-electron chi connectivity index (χ1n) is 7.27. The lowest BCUT2D eigenvalue weighted by atomic mass is 9.69. The largest absolute Gasteiger partial charge is 0.381 e. The van der Waals surface area contributed by atoms with Crippen LogP contribution in [0, 0.1) is 28.1 Å². The van der Waals surface area contributed by atoms with Crippen LogP contribution in [0.1, 0.15) is 46.0 Å². The molecular formula is C15H24N2O2. The van der Waals surface area contributed by atoms with Crippen LogP contribution in [0.15, 0.2) is 0 Å². The summed E-state index contributed by atoms with van der Waals surface area (Å²) in [4.78, 5) is 12.1. The van der Waals surface area contributed by atoms with Gasteiger partial charge in [-0.1, -0.05) is 13.8 Å². The fourth-order valence-corrected chi connectivity index (χ4v) is 3.02. The molecule has 1 heterocycles. The quantitative estimate of drug-likeness (QED) is 0.847. The van der Waals surface area contributed by atoms with Crippen molar-refractivity contribution in [2.24, 2.45) is 16.7 Å². The van der Waals surface area contributed by atoms with Gasteiger partial charge in [0.2, 0.25) is 5.91 Å². The predicted molar refractivity (Wildman–Crippen MR) is 72.2 cm³/mol. The molecule has 0 radical (unpaired) electrons. The third kappa shape index (κ3) is 2.92. The SMILES string of the molecule is CC(C)(CNC(=O)C1(C#N)CCC1)C1CCOCC1. The molecule has 2 fully saturated rings. The highest BCUT2D eigenvalue weighted by molar-refractivity contribution is 5.86. The number of amides is 1. The smallest absolute Gasteiger partial charge is 0.240 e. The van der Waals surface area contributed by atoms with Crippen molar-refractivity contribution in [3.63, 3.8) is 0 Å². The molecule has 0 aromatic heterocycles. The van der Waals surface area contributed by atoms with E-state index in [1.165, 1.54) is 0 Å². The molecule has 0 aromatic carbocycles. The van der Waals surface area contributed by atoms with Gasteiger partial charge in [-0.25, -0.2) is 0 Å². The van der Waals surface area contributed by atoms with Gasteiger partial charge < -0.3 is 10.1 Å². The molecule has 1 saturated carbocycles. The average Bonchev–Trinajstić information content (AvgIpc) is 2.37. The molecule has 106 valence electrons. The van der Waals surface area contributed by atoms with E-state index in [0.29, 0.717) is 25.3 Å². The van der Waals surface area contributed by atoms with Crippen LogP contribution in [-0.2, 0) is 9.53 Å². The third-order valence-corrected chi connectivity index (χ3v) is 4.89. The van der Waals surface area contributed by atoms with E-state index in [9.17, 15) is 4.79 Å². The Bertz CT molecular complexity index is 374. The number of hydrogen-bond acceptors (Lipinski definition) is 3. The number of hydrogen-bond donors (Lipinski definition) is 1. The van der Waals surface area contributed by atoms with Gasteiger partial charge in [-0.05, 0) is 43.4 Å². The lowest BCUT2D eigenvalue weighted by molar-refractivity contribution is -0.132. The number of carbonyl (C=O) groups is 1. The maximum absolute atomic E-state index is 12.1. The van der Waals surface area contributed by atoms with Gasteiger partial charge >= 0.3 is 0 Å². The predicted octanol–water partition coefficient (Wildman–Crippen LogP) is 2.25. The highest BCUT2D eigenvalue weighted by Crippen LogP contribution is 2.41. The van der Waals surface area contributed by atoms with Crippen LogP contribution in [0.3, 0.4) is 0 Å². The number of rotatable bonds is 4. The molecule has 0 unspecified atom stereocenters. The van der Waals surface area contributed by atoms with Gasteiger partial charge in [0, 0.05) is 19.8 Å². The van der Waals surface area contributed by atoms with Crippen LogP contribution in [0.4, 0.5) is 0 Å². The molecule has 4 heteroatoms. The van der Waals surface area contributed by atoms with E-state index in [-0.39, 0.29) is 11.3 Å². The van der Waals surface area contributed by atoms with Crippen LogP contribution in [0.25, 0.3) is 0 Å². The summed E-state index contributed by atoms with van der Waals surface area (Å²) >= 11 is 0. The van der Waals surface area contributed by atoms with Crippen molar-refractivity contribution >= 4 is 5.91 Å². The van der Waals surface area contributed by atoms with Crippen molar-refractivity contribution < 1.29 is 9.53 Å². The van der Waals surface area contributed by atoms with Gasteiger partial charge in [-0.3, -0.25) is 4.79 Å². The van der Waals surface area contributed by atoms with Crippen molar-refractivity contribution in [3.8, 4) is 6.07 Å². The lowest BCUT2D eigenvalue weighted by Crippen LogP contribution is -2.48. The number of nitriles is 1. The molecule has 0 atom stereocenters. The Morgan fingerprint density at radius 3 is 2.53 bits per heavy atom. The number of nitrogens with zero attached hydrogens (tertiary/aromatic N) is 1. The second kappa shape index (κ2) is 5.50. The molecule has 1 aliphatic carbocycles. The van der Waals surface area contributed by atoms with Crippen LogP contribution in [0.2, 0.25) is 0 Å². The minimum atomic E-state index is -0.730. The summed E-state index contributed by atoms with van der Waals surface area (Å²) in [6.07, 6.45) is 4.54. The minimum absolute atomic E-state index is 0.0682. The average molecular weight is 264 g/mol. The van der Waals surface area contributed by atoms with E-state index in [0.717, 1.165) is 32.5 Å². The maximum Gasteiger partial charge on any atom is 0.240 e. The third-order valence-electron chi connectivity index (χ3n) is 4.89. The summed E-state index contributed by atoms with van der Waals surface area (Å²) in [6, 6.07) is 2.20. The van der Waals surface area contributed by atoms with Crippen LogP contribution >= 0.6 is 0 Å². The summed E-state index contributed by atoms with van der Waals surface area (Å²) in [5.74, 6) is 0.516. The summed E-state index contributed by atoms with van der Waals surface area (Å²) < 4.78 is 5.39. The molecule has 1 N–H and O–H groups in total. The summed E-state index contributed by atoms with van der Waals surface area (Å²) in [5, 5.41) is 12.2. The summed E-state index contributed by atoms with van der Waals surface area (Å²) in [6.45, 7) is 6.69. The van der Waals surface area contributed by atoms with Gasteiger partial charge in [-0.2, -0.15) is 5.26 Å². The van der Waals surface area contributed by atoms with Crippen molar-refractivity contribution in [1.82, 2.24) is 5.32 Å². The Balaban J connectivity index is 1.87. The Morgan fingerprint density at radius 1 is 1.42 bits per heavy atom. The fourth-order valence-electron chi connectivity index (χ4n) is 3.02. The zero-order valence-electron chi connectivity index (χ0n) is 12.0. The molecule has 2 rings (SSSR count). The normalized spacial score (nSPS) is 23.2. The maximum atomic E-state index is 12.1. The number of carbonyl (C=O) groups excluding carboxylic acids is 1. The molecule has 2 aliphatic rings. The summed E-state index contributed by atoms with van der Waals surface area (Å²) in [7, 11) is 0. The fraction of sp³-hybridized carbons (Fsp3) is 0.867. The Labute approximate surface area is 115 Å². The lowest BCUT2D eigenvalue weighted by Gasteiger charge is -2.39. The molecule has 0 bridgehead atoms.